The van der Waals surface area contributed by atoms with E-state index in [9.17, 15) is 0 Å². The van der Waals surface area contributed by atoms with Crippen molar-refractivity contribution in [3.8, 4) is 34.0 Å². The van der Waals surface area contributed by atoms with E-state index in [1.54, 1.807) is 12.4 Å². The molecule has 0 bridgehead atoms. The highest BCUT2D eigenvalue weighted by Gasteiger charge is 2.19. The smallest absolute Gasteiger partial charge is 0.182 e. The zero-order chi connectivity index (χ0) is 34.2. The lowest BCUT2D eigenvalue weighted by atomic mass is 10.1. The Bertz CT molecular complexity index is 3190. The van der Waals surface area contributed by atoms with Gasteiger partial charge in [-0.3, -0.25) is 0 Å². The fraction of sp³-hybridized carbons (Fsp3) is 0. The van der Waals surface area contributed by atoms with Crippen LogP contribution >= 0.6 is 0 Å². The molecule has 0 aliphatic rings. The van der Waals surface area contributed by atoms with Gasteiger partial charge in [-0.2, -0.15) is 0 Å². The Balaban J connectivity index is 1.12. The Hall–Kier alpha value is -7.18. The number of para-hydroxylation sites is 3. The molecular weight excluding hydrogens is 637 g/mol. The second kappa shape index (κ2) is 11.2. The summed E-state index contributed by atoms with van der Waals surface area (Å²) in [6, 6.07) is 55.9. The molecule has 242 valence electrons. The van der Waals surface area contributed by atoms with Crippen molar-refractivity contribution in [2.24, 2.45) is 0 Å². The van der Waals surface area contributed by atoms with Crippen molar-refractivity contribution < 1.29 is 0 Å². The van der Waals surface area contributed by atoms with Crippen LogP contribution in [0.15, 0.2) is 170 Å². The number of fused-ring (bicyclic) bond motifs is 8. The van der Waals surface area contributed by atoms with Crippen LogP contribution in [0.3, 0.4) is 0 Å². The van der Waals surface area contributed by atoms with E-state index in [4.69, 9.17) is 15.0 Å². The molecule has 0 spiro atoms. The Morgan fingerprint density at radius 2 is 1.02 bits per heavy atom. The Morgan fingerprint density at radius 1 is 0.385 bits per heavy atom. The molecule has 0 N–H and O–H groups in total. The highest BCUT2D eigenvalue weighted by molar-refractivity contribution is 6.14. The minimum Gasteiger partial charge on any atom is -0.309 e. The number of hydrogen-bond donors (Lipinski definition) is 0. The van der Waals surface area contributed by atoms with Crippen molar-refractivity contribution in [2.75, 3.05) is 0 Å². The topological polar surface area (TPSA) is 61.4 Å². The first-order valence-electron chi connectivity index (χ1n) is 17.4. The van der Waals surface area contributed by atoms with Gasteiger partial charge in [-0.25, -0.2) is 19.9 Å². The molecule has 0 radical (unpaired) electrons. The number of nitrogens with zero attached hydrogens (tertiary/aromatic N) is 6. The average Bonchev–Trinajstić information content (AvgIpc) is 3.72. The second-order valence-corrected chi connectivity index (χ2v) is 13.2. The summed E-state index contributed by atoms with van der Waals surface area (Å²) in [6.45, 7) is 0. The number of aromatic nitrogens is 6. The predicted molar refractivity (Wildman–Crippen MR) is 212 cm³/mol. The van der Waals surface area contributed by atoms with Gasteiger partial charge in [0.2, 0.25) is 0 Å². The lowest BCUT2D eigenvalue weighted by Gasteiger charge is -2.12. The minimum atomic E-state index is 0.555. The van der Waals surface area contributed by atoms with Crippen LogP contribution in [0.4, 0.5) is 0 Å². The van der Waals surface area contributed by atoms with Gasteiger partial charge in [0.1, 0.15) is 11.2 Å². The Labute approximate surface area is 297 Å². The summed E-state index contributed by atoms with van der Waals surface area (Å²) in [4.78, 5) is 19.7. The van der Waals surface area contributed by atoms with Crippen LogP contribution in [0.2, 0.25) is 0 Å². The van der Waals surface area contributed by atoms with Crippen LogP contribution in [-0.2, 0) is 0 Å². The maximum absolute atomic E-state index is 5.26. The molecule has 4 heterocycles. The zero-order valence-corrected chi connectivity index (χ0v) is 27.8. The molecule has 0 atom stereocenters. The molecule has 6 heteroatoms. The standard InChI is InChI=1S/C46H28N6/c1-2-14-33(15-3-1)51-39-19-8-6-17-35(39)37-22-21-31(28-41(37)51)43-44-46(48-24-23-47-44)50-45(49-43)32-13-10-16-34(25-32)52-40-20-9-7-18-36(40)38-26-29-11-4-5-12-30(29)27-42(38)52/h1-28H. The maximum Gasteiger partial charge on any atom is 0.182 e. The first kappa shape index (κ1) is 28.6. The highest BCUT2D eigenvalue weighted by Crippen LogP contribution is 2.38. The van der Waals surface area contributed by atoms with E-state index in [1.165, 1.54) is 32.3 Å². The van der Waals surface area contributed by atoms with Gasteiger partial charge in [0.15, 0.2) is 11.5 Å². The fourth-order valence-corrected chi connectivity index (χ4v) is 7.88. The maximum atomic E-state index is 5.26. The van der Waals surface area contributed by atoms with Crippen LogP contribution < -0.4 is 0 Å². The molecule has 11 rings (SSSR count). The summed E-state index contributed by atoms with van der Waals surface area (Å²) in [5, 5.41) is 7.26. The van der Waals surface area contributed by atoms with Gasteiger partial charge in [-0.15, -0.1) is 0 Å². The van der Waals surface area contributed by atoms with Crippen molar-refractivity contribution in [3.63, 3.8) is 0 Å². The van der Waals surface area contributed by atoms with Gasteiger partial charge in [-0.05, 0) is 65.4 Å². The van der Waals surface area contributed by atoms with Crippen molar-refractivity contribution in [1.29, 1.82) is 0 Å². The minimum absolute atomic E-state index is 0.555. The van der Waals surface area contributed by atoms with Crippen LogP contribution in [0.25, 0.3) is 99.6 Å². The number of benzene rings is 7. The lowest BCUT2D eigenvalue weighted by Crippen LogP contribution is -2.00. The van der Waals surface area contributed by atoms with Crippen LogP contribution in [-0.4, -0.2) is 29.1 Å². The molecular formula is C46H28N6. The number of hydrogen-bond acceptors (Lipinski definition) is 4. The van der Waals surface area contributed by atoms with E-state index in [2.05, 4.69) is 166 Å². The summed E-state index contributed by atoms with van der Waals surface area (Å²) in [7, 11) is 0. The average molecular weight is 665 g/mol. The van der Waals surface area contributed by atoms with Gasteiger partial charge in [0.25, 0.3) is 0 Å². The van der Waals surface area contributed by atoms with Crippen molar-refractivity contribution in [1.82, 2.24) is 29.1 Å². The summed E-state index contributed by atoms with van der Waals surface area (Å²) in [5.74, 6) is 0.597. The monoisotopic (exact) mass is 664 g/mol. The van der Waals surface area contributed by atoms with E-state index < -0.39 is 0 Å². The van der Waals surface area contributed by atoms with E-state index >= 15 is 0 Å². The highest BCUT2D eigenvalue weighted by atomic mass is 15.0. The Kier molecular flexibility index (Phi) is 6.15. The molecule has 7 aromatic carbocycles. The van der Waals surface area contributed by atoms with E-state index in [0.717, 1.165) is 50.3 Å². The van der Waals surface area contributed by atoms with Gasteiger partial charge in [-0.1, -0.05) is 103 Å². The molecule has 0 saturated carbocycles. The van der Waals surface area contributed by atoms with Crippen LogP contribution in [0.5, 0.6) is 0 Å². The molecule has 0 unspecified atom stereocenters. The van der Waals surface area contributed by atoms with Gasteiger partial charge in [0.05, 0.1) is 22.1 Å². The van der Waals surface area contributed by atoms with E-state index in [0.29, 0.717) is 17.0 Å². The first-order chi connectivity index (χ1) is 25.8. The largest absolute Gasteiger partial charge is 0.309 e. The third kappa shape index (κ3) is 4.31. The van der Waals surface area contributed by atoms with E-state index in [-0.39, 0.29) is 0 Å². The summed E-state index contributed by atoms with van der Waals surface area (Å²) in [5.41, 5.74) is 10.5. The molecule has 0 aliphatic heterocycles. The van der Waals surface area contributed by atoms with Gasteiger partial charge < -0.3 is 9.13 Å². The van der Waals surface area contributed by atoms with Crippen molar-refractivity contribution >= 4 is 65.5 Å². The molecule has 11 aromatic rings. The lowest BCUT2D eigenvalue weighted by molar-refractivity contribution is 1.14. The van der Waals surface area contributed by atoms with E-state index in [1.807, 2.05) is 6.07 Å². The zero-order valence-electron chi connectivity index (χ0n) is 27.8. The molecule has 0 aliphatic carbocycles. The van der Waals surface area contributed by atoms with Crippen LogP contribution in [0.1, 0.15) is 0 Å². The molecule has 52 heavy (non-hydrogen) atoms. The predicted octanol–water partition coefficient (Wildman–Crippen LogP) is 11.1. The summed E-state index contributed by atoms with van der Waals surface area (Å²) >= 11 is 0. The van der Waals surface area contributed by atoms with Gasteiger partial charge in [0, 0.05) is 56.4 Å². The second-order valence-electron chi connectivity index (χ2n) is 13.2. The van der Waals surface area contributed by atoms with Crippen molar-refractivity contribution in [2.45, 2.75) is 0 Å². The fourth-order valence-electron chi connectivity index (χ4n) is 7.88. The molecule has 0 saturated heterocycles. The van der Waals surface area contributed by atoms with Crippen LogP contribution in [0, 0.1) is 0 Å². The Morgan fingerprint density at radius 3 is 1.85 bits per heavy atom. The quantitative estimate of drug-likeness (QED) is 0.188. The van der Waals surface area contributed by atoms with Crippen molar-refractivity contribution in [3.05, 3.63) is 170 Å². The summed E-state index contributed by atoms with van der Waals surface area (Å²) in [6.07, 6.45) is 3.40. The molecule has 4 aromatic heterocycles. The third-order valence-corrected chi connectivity index (χ3v) is 10.2. The first-order valence-corrected chi connectivity index (χ1v) is 17.4. The third-order valence-electron chi connectivity index (χ3n) is 10.2. The molecule has 0 fully saturated rings. The SMILES string of the molecule is c1ccc(-n2c3ccccc3c3ccc(-c4nc(-c5cccc(-n6c7ccccc7c7cc8ccccc8cc76)c5)nc5nccnc45)cc32)cc1. The number of rotatable bonds is 4. The molecule has 6 nitrogen and oxygen atoms in total. The molecule has 0 amide bonds. The normalized spacial score (nSPS) is 11.8. The summed E-state index contributed by atoms with van der Waals surface area (Å²) < 4.78 is 4.67. The van der Waals surface area contributed by atoms with Gasteiger partial charge >= 0.3 is 0 Å².